The van der Waals surface area contributed by atoms with Crippen molar-refractivity contribution in [2.45, 2.75) is 4.90 Å². The first kappa shape index (κ1) is 15.2. The van der Waals surface area contributed by atoms with Crippen LogP contribution in [0.1, 0.15) is 5.56 Å². The number of rotatable bonds is 3. The molecule has 0 aliphatic rings. The largest absolute Gasteiger partial charge is 0.398 e. The van der Waals surface area contributed by atoms with Gasteiger partial charge in [-0.3, -0.25) is 4.31 Å². The van der Waals surface area contributed by atoms with Gasteiger partial charge in [0.2, 0.25) is 0 Å². The van der Waals surface area contributed by atoms with Gasteiger partial charge in [-0.2, -0.15) is 5.26 Å². The van der Waals surface area contributed by atoms with Gasteiger partial charge in [-0.05, 0) is 42.5 Å². The number of nitrogen functional groups attached to an aromatic ring is 1. The lowest BCUT2D eigenvalue weighted by molar-refractivity contribution is 0.595. The van der Waals surface area contributed by atoms with Gasteiger partial charge in [0, 0.05) is 12.1 Å². The molecule has 0 heterocycles. The highest BCUT2D eigenvalue weighted by Crippen LogP contribution is 2.28. The number of halogens is 1. The smallest absolute Gasteiger partial charge is 0.266 e. The van der Waals surface area contributed by atoms with Crippen molar-refractivity contribution in [2.75, 3.05) is 17.1 Å². The molecule has 2 rings (SSSR count). The minimum atomic E-state index is -3.82. The second-order valence-electron chi connectivity index (χ2n) is 4.31. The van der Waals surface area contributed by atoms with Crippen LogP contribution >= 0.6 is 11.6 Å². The molecule has 0 spiro atoms. The second-order valence-corrected chi connectivity index (χ2v) is 6.69. The van der Waals surface area contributed by atoms with E-state index in [1.54, 1.807) is 24.3 Å². The van der Waals surface area contributed by atoms with Gasteiger partial charge >= 0.3 is 0 Å². The monoisotopic (exact) mass is 321 g/mol. The van der Waals surface area contributed by atoms with Crippen LogP contribution in [-0.4, -0.2) is 15.5 Å². The molecule has 0 saturated heterocycles. The molecule has 2 N–H and O–H groups in total. The topological polar surface area (TPSA) is 87.2 Å². The maximum atomic E-state index is 12.6. The van der Waals surface area contributed by atoms with Gasteiger partial charge in [0.15, 0.2) is 0 Å². The Morgan fingerprint density at radius 2 is 1.81 bits per heavy atom. The molecule has 2 aromatic carbocycles. The van der Waals surface area contributed by atoms with Gasteiger partial charge in [-0.15, -0.1) is 0 Å². The van der Waals surface area contributed by atoms with Crippen molar-refractivity contribution in [2.24, 2.45) is 0 Å². The molecule has 7 heteroatoms. The van der Waals surface area contributed by atoms with E-state index in [-0.39, 0.29) is 15.6 Å². The predicted molar refractivity (Wildman–Crippen MR) is 82.6 cm³/mol. The van der Waals surface area contributed by atoms with Crippen molar-refractivity contribution in [3.05, 3.63) is 53.1 Å². The van der Waals surface area contributed by atoms with E-state index < -0.39 is 10.0 Å². The Balaban J connectivity index is 2.47. The fraction of sp³-hybridized carbons (Fsp3) is 0.0714. The summed E-state index contributed by atoms with van der Waals surface area (Å²) in [5.74, 6) is 0. The maximum absolute atomic E-state index is 12.6. The number of hydrogen-bond donors (Lipinski definition) is 1. The normalized spacial score (nSPS) is 10.9. The van der Waals surface area contributed by atoms with E-state index >= 15 is 0 Å². The Bertz CT molecular complexity index is 811. The Labute approximate surface area is 128 Å². The summed E-state index contributed by atoms with van der Waals surface area (Å²) in [5.41, 5.74) is 6.73. The number of sulfonamides is 1. The molecule has 0 saturated carbocycles. The molecule has 0 unspecified atom stereocenters. The van der Waals surface area contributed by atoms with Crippen LogP contribution in [0.3, 0.4) is 0 Å². The summed E-state index contributed by atoms with van der Waals surface area (Å²) in [5, 5.41) is 9.05. The van der Waals surface area contributed by atoms with Gasteiger partial charge in [-0.25, -0.2) is 8.42 Å². The predicted octanol–water partition coefficient (Wildman–Crippen LogP) is 2.62. The highest BCUT2D eigenvalue weighted by atomic mass is 35.5. The van der Waals surface area contributed by atoms with E-state index in [2.05, 4.69) is 0 Å². The first-order valence-electron chi connectivity index (χ1n) is 5.90. The zero-order valence-corrected chi connectivity index (χ0v) is 12.7. The van der Waals surface area contributed by atoms with Crippen molar-refractivity contribution in [3.63, 3.8) is 0 Å². The Hall–Kier alpha value is -2.23. The van der Waals surface area contributed by atoms with Crippen LogP contribution in [0.15, 0.2) is 47.4 Å². The average Bonchev–Trinajstić information content (AvgIpc) is 2.49. The average molecular weight is 322 g/mol. The molecule has 5 nitrogen and oxygen atoms in total. The van der Waals surface area contributed by atoms with E-state index in [4.69, 9.17) is 22.6 Å². The van der Waals surface area contributed by atoms with Crippen LogP contribution in [-0.2, 0) is 10.0 Å². The number of nitriles is 1. The molecule has 108 valence electrons. The van der Waals surface area contributed by atoms with Crippen molar-refractivity contribution < 1.29 is 8.42 Å². The highest BCUT2D eigenvalue weighted by molar-refractivity contribution is 7.93. The fourth-order valence-corrected chi connectivity index (χ4v) is 3.34. The van der Waals surface area contributed by atoms with E-state index in [1.807, 2.05) is 6.07 Å². The third kappa shape index (κ3) is 2.94. The van der Waals surface area contributed by atoms with E-state index in [1.165, 1.54) is 25.2 Å². The molecule has 0 aromatic heterocycles. The molecule has 21 heavy (non-hydrogen) atoms. The lowest BCUT2D eigenvalue weighted by Crippen LogP contribution is -2.27. The minimum Gasteiger partial charge on any atom is -0.398 e. The molecule has 0 bridgehead atoms. The molecule has 0 aliphatic heterocycles. The third-order valence-corrected chi connectivity index (χ3v) is 5.05. The molecule has 0 aliphatic carbocycles. The van der Waals surface area contributed by atoms with Gasteiger partial charge < -0.3 is 5.73 Å². The fourth-order valence-electron chi connectivity index (χ4n) is 1.76. The molecule has 0 fully saturated rings. The number of anilines is 2. The van der Waals surface area contributed by atoms with Crippen LogP contribution in [0.4, 0.5) is 11.4 Å². The number of benzene rings is 2. The Morgan fingerprint density at radius 3 is 2.38 bits per heavy atom. The van der Waals surface area contributed by atoms with Crippen LogP contribution in [0, 0.1) is 11.3 Å². The van der Waals surface area contributed by atoms with Crippen LogP contribution in [0.2, 0.25) is 5.02 Å². The van der Waals surface area contributed by atoms with E-state index in [0.717, 1.165) is 4.31 Å². The van der Waals surface area contributed by atoms with Gasteiger partial charge in [-0.1, -0.05) is 11.6 Å². The number of nitrogens with two attached hydrogens (primary N) is 1. The van der Waals surface area contributed by atoms with Gasteiger partial charge in [0.25, 0.3) is 10.0 Å². The SMILES string of the molecule is CN(c1ccc(C#N)cc1)S(=O)(=O)c1cc(Cl)ccc1N. The summed E-state index contributed by atoms with van der Waals surface area (Å²) < 4.78 is 26.3. The standard InChI is InChI=1S/C14H12ClN3O2S/c1-18(12-5-2-10(9-16)3-6-12)21(19,20)14-8-11(15)4-7-13(14)17/h2-8H,17H2,1H3. The summed E-state index contributed by atoms with van der Waals surface area (Å²) in [4.78, 5) is -0.0538. The minimum absolute atomic E-state index is 0.0538. The summed E-state index contributed by atoms with van der Waals surface area (Å²) in [6, 6.07) is 12.5. The summed E-state index contributed by atoms with van der Waals surface area (Å²) in [7, 11) is -2.41. The van der Waals surface area contributed by atoms with Crippen LogP contribution in [0.25, 0.3) is 0 Å². The molecule has 2 aromatic rings. The van der Waals surface area contributed by atoms with Gasteiger partial charge in [0.05, 0.1) is 23.0 Å². The quantitative estimate of drug-likeness (QED) is 0.880. The molecule has 0 atom stereocenters. The first-order chi connectivity index (χ1) is 9.86. The van der Waals surface area contributed by atoms with Crippen molar-refractivity contribution >= 4 is 33.0 Å². The van der Waals surface area contributed by atoms with Crippen LogP contribution in [0.5, 0.6) is 0 Å². The van der Waals surface area contributed by atoms with Crippen LogP contribution < -0.4 is 10.0 Å². The van der Waals surface area contributed by atoms with Gasteiger partial charge in [0.1, 0.15) is 4.90 Å². The number of nitrogens with zero attached hydrogens (tertiary/aromatic N) is 2. The van der Waals surface area contributed by atoms with Crippen molar-refractivity contribution in [1.82, 2.24) is 0 Å². The Morgan fingerprint density at radius 1 is 1.19 bits per heavy atom. The number of hydrogen-bond acceptors (Lipinski definition) is 4. The second kappa shape index (κ2) is 5.64. The highest BCUT2D eigenvalue weighted by Gasteiger charge is 2.24. The zero-order valence-electron chi connectivity index (χ0n) is 11.1. The van der Waals surface area contributed by atoms with E-state index in [9.17, 15) is 8.42 Å². The Kier molecular flexibility index (Phi) is 4.07. The lowest BCUT2D eigenvalue weighted by atomic mass is 10.2. The third-order valence-electron chi connectivity index (χ3n) is 2.97. The summed E-state index contributed by atoms with van der Waals surface area (Å²) >= 11 is 5.84. The summed E-state index contributed by atoms with van der Waals surface area (Å²) in [6.45, 7) is 0. The lowest BCUT2D eigenvalue weighted by Gasteiger charge is -2.20. The molecular formula is C14H12ClN3O2S. The van der Waals surface area contributed by atoms with Crippen molar-refractivity contribution in [1.29, 1.82) is 5.26 Å². The first-order valence-corrected chi connectivity index (χ1v) is 7.72. The maximum Gasteiger partial charge on any atom is 0.266 e. The van der Waals surface area contributed by atoms with Crippen molar-refractivity contribution in [3.8, 4) is 6.07 Å². The van der Waals surface area contributed by atoms with E-state index in [0.29, 0.717) is 11.3 Å². The molecule has 0 radical (unpaired) electrons. The summed E-state index contributed by atoms with van der Waals surface area (Å²) in [6.07, 6.45) is 0. The molecular weight excluding hydrogens is 310 g/mol. The zero-order chi connectivity index (χ0) is 15.6. The molecule has 0 amide bonds.